The van der Waals surface area contributed by atoms with Crippen LogP contribution in [0.25, 0.3) is 6.08 Å². The molecule has 3 nitrogen and oxygen atoms in total. The van der Waals surface area contributed by atoms with E-state index >= 15 is 0 Å². The zero-order chi connectivity index (χ0) is 14.4. The van der Waals surface area contributed by atoms with Crippen molar-refractivity contribution >= 4 is 27.9 Å². The van der Waals surface area contributed by atoms with E-state index in [-0.39, 0.29) is 24.5 Å². The van der Waals surface area contributed by atoms with Crippen molar-refractivity contribution < 1.29 is 14.3 Å². The van der Waals surface area contributed by atoms with Crippen molar-refractivity contribution in [3.8, 4) is 0 Å². The molecule has 0 heterocycles. The summed E-state index contributed by atoms with van der Waals surface area (Å²) in [5, 5.41) is 11.8. The highest BCUT2D eigenvalue weighted by Gasteiger charge is 2.13. The molecule has 1 aromatic rings. The first-order chi connectivity index (χ1) is 8.93. The van der Waals surface area contributed by atoms with Gasteiger partial charge in [-0.1, -0.05) is 29.8 Å². The van der Waals surface area contributed by atoms with Crippen LogP contribution >= 0.6 is 15.9 Å². The summed E-state index contributed by atoms with van der Waals surface area (Å²) in [7, 11) is 0. The van der Waals surface area contributed by atoms with Gasteiger partial charge in [-0.15, -0.1) is 0 Å². The lowest BCUT2D eigenvalue weighted by molar-refractivity contribution is -0.117. The molecule has 0 aromatic heterocycles. The van der Waals surface area contributed by atoms with Gasteiger partial charge in [0.1, 0.15) is 5.82 Å². The van der Waals surface area contributed by atoms with Crippen molar-refractivity contribution in [2.75, 3.05) is 6.61 Å². The molecule has 0 aliphatic rings. The molecule has 0 aliphatic heterocycles. The SMILES string of the molecule is CC(C)C(CO)NC(=O)C=Cc1cc(Br)ccc1F. The number of rotatable bonds is 5. The zero-order valence-electron chi connectivity index (χ0n) is 10.9. The van der Waals surface area contributed by atoms with Gasteiger partial charge >= 0.3 is 0 Å². The van der Waals surface area contributed by atoms with Crippen molar-refractivity contribution in [3.05, 3.63) is 40.1 Å². The fourth-order valence-corrected chi connectivity index (χ4v) is 1.84. The van der Waals surface area contributed by atoms with Gasteiger partial charge in [-0.2, -0.15) is 0 Å². The Morgan fingerprint density at radius 1 is 1.53 bits per heavy atom. The number of hydrogen-bond donors (Lipinski definition) is 2. The van der Waals surface area contributed by atoms with Crippen LogP contribution in [-0.4, -0.2) is 23.7 Å². The van der Waals surface area contributed by atoms with E-state index in [1.165, 1.54) is 18.2 Å². The van der Waals surface area contributed by atoms with Crippen LogP contribution in [-0.2, 0) is 4.79 Å². The third-order valence-corrected chi connectivity index (χ3v) is 3.19. The van der Waals surface area contributed by atoms with Gasteiger partial charge in [-0.05, 0) is 30.2 Å². The minimum absolute atomic E-state index is 0.123. The molecule has 1 atom stereocenters. The van der Waals surface area contributed by atoms with Gasteiger partial charge in [0, 0.05) is 16.1 Å². The third-order valence-electron chi connectivity index (χ3n) is 2.70. The molecule has 0 radical (unpaired) electrons. The number of benzene rings is 1. The van der Waals surface area contributed by atoms with Gasteiger partial charge in [0.05, 0.1) is 12.6 Å². The maximum Gasteiger partial charge on any atom is 0.244 e. The van der Waals surface area contributed by atoms with Crippen molar-refractivity contribution in [3.63, 3.8) is 0 Å². The summed E-state index contributed by atoms with van der Waals surface area (Å²) in [5.74, 6) is -0.619. The van der Waals surface area contributed by atoms with Crippen LogP contribution in [0.1, 0.15) is 19.4 Å². The summed E-state index contributed by atoms with van der Waals surface area (Å²) in [6.07, 6.45) is 2.67. The van der Waals surface area contributed by atoms with Gasteiger partial charge < -0.3 is 10.4 Å². The van der Waals surface area contributed by atoms with Crippen LogP contribution in [0.5, 0.6) is 0 Å². The van der Waals surface area contributed by atoms with Crippen molar-refractivity contribution in [1.29, 1.82) is 0 Å². The molecule has 0 spiro atoms. The molecule has 0 fully saturated rings. The Hall–Kier alpha value is -1.20. The molecule has 1 amide bonds. The number of hydrogen-bond acceptors (Lipinski definition) is 2. The van der Waals surface area contributed by atoms with Crippen LogP contribution in [0.4, 0.5) is 4.39 Å². The number of aliphatic hydroxyl groups excluding tert-OH is 1. The quantitative estimate of drug-likeness (QED) is 0.816. The summed E-state index contributed by atoms with van der Waals surface area (Å²) in [4.78, 5) is 11.6. The number of aliphatic hydroxyl groups is 1. The fraction of sp³-hybridized carbons (Fsp3) is 0.357. The van der Waals surface area contributed by atoms with Crippen molar-refractivity contribution in [2.24, 2.45) is 5.92 Å². The summed E-state index contributed by atoms with van der Waals surface area (Å²) >= 11 is 3.24. The second-order valence-corrected chi connectivity index (χ2v) is 5.46. The summed E-state index contributed by atoms with van der Waals surface area (Å²) in [6.45, 7) is 3.68. The molecular weight excluding hydrogens is 313 g/mol. The van der Waals surface area contributed by atoms with Gasteiger partial charge in [0.15, 0.2) is 0 Å². The minimum Gasteiger partial charge on any atom is -0.394 e. The summed E-state index contributed by atoms with van der Waals surface area (Å²) in [6, 6.07) is 4.20. The Labute approximate surface area is 120 Å². The number of nitrogens with one attached hydrogen (secondary N) is 1. The maximum atomic E-state index is 13.4. The molecule has 0 saturated carbocycles. The Morgan fingerprint density at radius 3 is 2.79 bits per heavy atom. The van der Waals surface area contributed by atoms with E-state index in [4.69, 9.17) is 5.11 Å². The highest BCUT2D eigenvalue weighted by Crippen LogP contribution is 2.16. The van der Waals surface area contributed by atoms with Crippen molar-refractivity contribution in [2.45, 2.75) is 19.9 Å². The van der Waals surface area contributed by atoms with Crippen LogP contribution in [0.3, 0.4) is 0 Å². The Morgan fingerprint density at radius 2 is 2.21 bits per heavy atom. The molecule has 19 heavy (non-hydrogen) atoms. The fourth-order valence-electron chi connectivity index (χ4n) is 1.46. The molecule has 1 unspecified atom stereocenters. The standard InChI is InChI=1S/C14H17BrFNO2/c1-9(2)13(8-18)17-14(19)6-3-10-7-11(15)4-5-12(10)16/h3-7,9,13,18H,8H2,1-2H3,(H,17,19). The normalized spacial score (nSPS) is 12.9. The first-order valence-corrected chi connectivity index (χ1v) is 6.77. The highest BCUT2D eigenvalue weighted by molar-refractivity contribution is 9.10. The van der Waals surface area contributed by atoms with E-state index < -0.39 is 5.82 Å². The van der Waals surface area contributed by atoms with Crippen LogP contribution in [0.2, 0.25) is 0 Å². The molecule has 0 bridgehead atoms. The molecule has 2 N–H and O–H groups in total. The zero-order valence-corrected chi connectivity index (χ0v) is 12.4. The Bertz CT molecular complexity index is 475. The molecular formula is C14H17BrFNO2. The molecule has 1 rings (SSSR count). The number of halogens is 2. The van der Waals surface area contributed by atoms with Gasteiger partial charge in [0.25, 0.3) is 0 Å². The monoisotopic (exact) mass is 329 g/mol. The first-order valence-electron chi connectivity index (χ1n) is 5.98. The van der Waals surface area contributed by atoms with Crippen LogP contribution < -0.4 is 5.32 Å². The summed E-state index contributed by atoms with van der Waals surface area (Å²) in [5.41, 5.74) is 0.328. The molecule has 5 heteroatoms. The molecule has 0 aliphatic carbocycles. The maximum absolute atomic E-state index is 13.4. The predicted octanol–water partition coefficient (Wildman–Crippen LogP) is 2.73. The van der Waals surface area contributed by atoms with E-state index in [9.17, 15) is 9.18 Å². The lowest BCUT2D eigenvalue weighted by atomic mass is 10.1. The number of amides is 1. The number of carbonyl (C=O) groups excluding carboxylic acids is 1. The van der Waals surface area contributed by atoms with E-state index in [1.54, 1.807) is 12.1 Å². The van der Waals surface area contributed by atoms with E-state index in [0.29, 0.717) is 5.56 Å². The first kappa shape index (κ1) is 15.9. The average Bonchev–Trinajstić information content (AvgIpc) is 2.36. The third kappa shape index (κ3) is 5.12. The second-order valence-electron chi connectivity index (χ2n) is 4.54. The van der Waals surface area contributed by atoms with Crippen LogP contribution in [0.15, 0.2) is 28.7 Å². The predicted molar refractivity (Wildman–Crippen MR) is 77.0 cm³/mol. The Balaban J connectivity index is 2.70. The van der Waals surface area contributed by atoms with E-state index in [0.717, 1.165) is 4.47 Å². The highest BCUT2D eigenvalue weighted by atomic mass is 79.9. The van der Waals surface area contributed by atoms with E-state index in [2.05, 4.69) is 21.2 Å². The minimum atomic E-state index is -0.394. The number of carbonyl (C=O) groups is 1. The molecule has 104 valence electrons. The van der Waals surface area contributed by atoms with Gasteiger partial charge in [-0.3, -0.25) is 4.79 Å². The van der Waals surface area contributed by atoms with Crippen molar-refractivity contribution in [1.82, 2.24) is 5.32 Å². The lowest BCUT2D eigenvalue weighted by Gasteiger charge is -2.18. The Kier molecular flexibility index (Phi) is 6.18. The van der Waals surface area contributed by atoms with E-state index in [1.807, 2.05) is 13.8 Å². The van der Waals surface area contributed by atoms with Gasteiger partial charge in [0.2, 0.25) is 5.91 Å². The average molecular weight is 330 g/mol. The molecule has 1 aromatic carbocycles. The lowest BCUT2D eigenvalue weighted by Crippen LogP contribution is -2.40. The van der Waals surface area contributed by atoms with Gasteiger partial charge in [-0.25, -0.2) is 4.39 Å². The molecule has 0 saturated heterocycles. The summed E-state index contributed by atoms with van der Waals surface area (Å²) < 4.78 is 14.2. The largest absolute Gasteiger partial charge is 0.394 e. The smallest absolute Gasteiger partial charge is 0.244 e. The van der Waals surface area contributed by atoms with Crippen LogP contribution in [0, 0.1) is 11.7 Å². The second kappa shape index (κ2) is 7.40. The topological polar surface area (TPSA) is 49.3 Å².